The van der Waals surface area contributed by atoms with E-state index >= 15 is 0 Å². The second kappa shape index (κ2) is 5.37. The smallest absolute Gasteiger partial charge is 0.0570 e. The van der Waals surface area contributed by atoms with E-state index in [1.165, 1.54) is 38.8 Å². The summed E-state index contributed by atoms with van der Waals surface area (Å²) in [6.45, 7) is 4.83. The standard InChI is InChI=1S/C15H23N3/c1-12(15-6-2-3-8-16-15)17-13-7-10-18-9-4-5-14(18)11-13/h2-3,6,8,12-14,17H,4-5,7,9-11H2,1H3/t12-,13?,14?/m0/s1. The summed E-state index contributed by atoms with van der Waals surface area (Å²) >= 11 is 0. The summed E-state index contributed by atoms with van der Waals surface area (Å²) < 4.78 is 0. The third kappa shape index (κ3) is 2.57. The molecule has 1 aromatic rings. The third-order valence-corrected chi connectivity index (χ3v) is 4.44. The van der Waals surface area contributed by atoms with Gasteiger partial charge in [-0.3, -0.25) is 4.98 Å². The number of hydrogen-bond acceptors (Lipinski definition) is 3. The van der Waals surface area contributed by atoms with Gasteiger partial charge in [0.2, 0.25) is 0 Å². The van der Waals surface area contributed by atoms with E-state index in [4.69, 9.17) is 0 Å². The van der Waals surface area contributed by atoms with Gasteiger partial charge in [-0.05, 0) is 57.8 Å². The van der Waals surface area contributed by atoms with Gasteiger partial charge in [-0.2, -0.15) is 0 Å². The van der Waals surface area contributed by atoms with E-state index in [0.29, 0.717) is 12.1 Å². The first kappa shape index (κ1) is 12.1. The van der Waals surface area contributed by atoms with Crippen molar-refractivity contribution in [2.24, 2.45) is 0 Å². The van der Waals surface area contributed by atoms with Gasteiger partial charge in [-0.1, -0.05) is 6.07 Å². The highest BCUT2D eigenvalue weighted by Gasteiger charge is 2.32. The lowest BCUT2D eigenvalue weighted by Gasteiger charge is -2.36. The van der Waals surface area contributed by atoms with Crippen LogP contribution >= 0.6 is 0 Å². The van der Waals surface area contributed by atoms with Gasteiger partial charge in [0.05, 0.1) is 5.69 Å². The van der Waals surface area contributed by atoms with Crippen molar-refractivity contribution in [1.82, 2.24) is 15.2 Å². The molecule has 2 fully saturated rings. The van der Waals surface area contributed by atoms with Crippen molar-refractivity contribution in [3.63, 3.8) is 0 Å². The monoisotopic (exact) mass is 245 g/mol. The van der Waals surface area contributed by atoms with Crippen LogP contribution in [0.25, 0.3) is 0 Å². The fourth-order valence-corrected chi connectivity index (χ4v) is 3.45. The Balaban J connectivity index is 1.57. The number of nitrogens with one attached hydrogen (secondary N) is 1. The van der Waals surface area contributed by atoms with Crippen LogP contribution in [-0.4, -0.2) is 35.1 Å². The summed E-state index contributed by atoms with van der Waals surface area (Å²) in [5.41, 5.74) is 1.16. The van der Waals surface area contributed by atoms with Crippen molar-refractivity contribution in [3.8, 4) is 0 Å². The minimum Gasteiger partial charge on any atom is -0.306 e. The molecule has 3 heteroatoms. The van der Waals surface area contributed by atoms with Gasteiger partial charge in [0.15, 0.2) is 0 Å². The van der Waals surface area contributed by atoms with Crippen molar-refractivity contribution >= 4 is 0 Å². The molecule has 1 N–H and O–H groups in total. The third-order valence-electron chi connectivity index (χ3n) is 4.44. The summed E-state index contributed by atoms with van der Waals surface area (Å²) in [6.07, 6.45) is 7.28. The van der Waals surface area contributed by atoms with Crippen LogP contribution in [0.3, 0.4) is 0 Å². The zero-order valence-electron chi connectivity index (χ0n) is 11.2. The highest BCUT2D eigenvalue weighted by molar-refractivity contribution is 5.08. The lowest BCUT2D eigenvalue weighted by Crippen LogP contribution is -2.46. The Bertz CT molecular complexity index is 379. The lowest BCUT2D eigenvalue weighted by atomic mass is 9.96. The number of fused-ring (bicyclic) bond motifs is 1. The molecular formula is C15H23N3. The topological polar surface area (TPSA) is 28.2 Å². The van der Waals surface area contributed by atoms with E-state index in [0.717, 1.165) is 11.7 Å². The van der Waals surface area contributed by atoms with Crippen molar-refractivity contribution < 1.29 is 0 Å². The van der Waals surface area contributed by atoms with Crippen molar-refractivity contribution in [3.05, 3.63) is 30.1 Å². The number of rotatable bonds is 3. The molecule has 3 nitrogen and oxygen atoms in total. The fourth-order valence-electron chi connectivity index (χ4n) is 3.45. The number of piperidine rings is 1. The molecule has 0 spiro atoms. The molecule has 0 bridgehead atoms. The molecule has 0 saturated carbocycles. The van der Waals surface area contributed by atoms with Crippen LogP contribution in [0.1, 0.15) is 44.3 Å². The van der Waals surface area contributed by atoms with Crippen LogP contribution in [0.5, 0.6) is 0 Å². The second-order valence-corrected chi connectivity index (χ2v) is 5.70. The van der Waals surface area contributed by atoms with E-state index in [1.807, 2.05) is 12.3 Å². The molecule has 0 amide bonds. The lowest BCUT2D eigenvalue weighted by molar-refractivity contribution is 0.162. The summed E-state index contributed by atoms with van der Waals surface area (Å²) in [6, 6.07) is 8.04. The summed E-state index contributed by atoms with van der Waals surface area (Å²) in [5, 5.41) is 3.76. The largest absolute Gasteiger partial charge is 0.306 e. The van der Waals surface area contributed by atoms with Crippen LogP contribution < -0.4 is 5.32 Å². The number of pyridine rings is 1. The maximum atomic E-state index is 4.44. The Morgan fingerprint density at radius 3 is 3.11 bits per heavy atom. The number of nitrogens with zero attached hydrogens (tertiary/aromatic N) is 2. The molecule has 0 aromatic carbocycles. The molecule has 2 unspecified atom stereocenters. The molecule has 0 aliphatic carbocycles. The fraction of sp³-hybridized carbons (Fsp3) is 0.667. The molecule has 3 rings (SSSR count). The molecule has 98 valence electrons. The molecular weight excluding hydrogens is 222 g/mol. The average Bonchev–Trinajstić information content (AvgIpc) is 2.87. The van der Waals surface area contributed by atoms with E-state index in [1.54, 1.807) is 0 Å². The Morgan fingerprint density at radius 1 is 1.33 bits per heavy atom. The first-order chi connectivity index (χ1) is 8.83. The minimum absolute atomic E-state index is 0.365. The summed E-state index contributed by atoms with van der Waals surface area (Å²) in [7, 11) is 0. The van der Waals surface area contributed by atoms with Gasteiger partial charge in [0, 0.05) is 24.3 Å². The van der Waals surface area contributed by atoms with Gasteiger partial charge >= 0.3 is 0 Å². The molecule has 1 aromatic heterocycles. The van der Waals surface area contributed by atoms with E-state index in [2.05, 4.69) is 34.3 Å². The van der Waals surface area contributed by atoms with E-state index < -0.39 is 0 Å². The van der Waals surface area contributed by atoms with Crippen LogP contribution in [0.2, 0.25) is 0 Å². The maximum absolute atomic E-state index is 4.44. The second-order valence-electron chi connectivity index (χ2n) is 5.70. The molecule has 2 saturated heterocycles. The first-order valence-corrected chi connectivity index (χ1v) is 7.24. The maximum Gasteiger partial charge on any atom is 0.0570 e. The first-order valence-electron chi connectivity index (χ1n) is 7.24. The van der Waals surface area contributed by atoms with Crippen molar-refractivity contribution in [2.45, 2.75) is 50.7 Å². The number of aromatic nitrogens is 1. The van der Waals surface area contributed by atoms with Gasteiger partial charge in [-0.15, -0.1) is 0 Å². The molecule has 0 radical (unpaired) electrons. The van der Waals surface area contributed by atoms with Crippen LogP contribution in [-0.2, 0) is 0 Å². The van der Waals surface area contributed by atoms with Crippen LogP contribution in [0, 0.1) is 0 Å². The predicted molar refractivity (Wildman–Crippen MR) is 73.4 cm³/mol. The van der Waals surface area contributed by atoms with E-state index in [9.17, 15) is 0 Å². The van der Waals surface area contributed by atoms with Crippen LogP contribution in [0.4, 0.5) is 0 Å². The summed E-state index contributed by atoms with van der Waals surface area (Å²) in [5.74, 6) is 0. The summed E-state index contributed by atoms with van der Waals surface area (Å²) in [4.78, 5) is 7.11. The number of hydrogen-bond donors (Lipinski definition) is 1. The zero-order chi connectivity index (χ0) is 12.4. The van der Waals surface area contributed by atoms with Crippen molar-refractivity contribution in [1.29, 1.82) is 0 Å². The van der Waals surface area contributed by atoms with Crippen LogP contribution in [0.15, 0.2) is 24.4 Å². The Kier molecular flexibility index (Phi) is 3.62. The minimum atomic E-state index is 0.365. The van der Waals surface area contributed by atoms with Crippen molar-refractivity contribution in [2.75, 3.05) is 13.1 Å². The SMILES string of the molecule is C[C@H](NC1CCN2CCCC2C1)c1ccccn1. The Labute approximate surface area is 110 Å². The Morgan fingerprint density at radius 2 is 2.28 bits per heavy atom. The van der Waals surface area contributed by atoms with Gasteiger partial charge < -0.3 is 10.2 Å². The Hall–Kier alpha value is -0.930. The molecule has 2 aliphatic heterocycles. The quantitative estimate of drug-likeness (QED) is 0.886. The molecule has 18 heavy (non-hydrogen) atoms. The van der Waals surface area contributed by atoms with Gasteiger partial charge in [0.25, 0.3) is 0 Å². The normalized spacial score (nSPS) is 30.1. The van der Waals surface area contributed by atoms with Gasteiger partial charge in [-0.25, -0.2) is 0 Å². The highest BCUT2D eigenvalue weighted by Crippen LogP contribution is 2.27. The zero-order valence-corrected chi connectivity index (χ0v) is 11.2. The van der Waals surface area contributed by atoms with Gasteiger partial charge in [0.1, 0.15) is 0 Å². The molecule has 3 heterocycles. The molecule has 2 aliphatic rings. The van der Waals surface area contributed by atoms with E-state index in [-0.39, 0.29) is 0 Å². The average molecular weight is 245 g/mol. The predicted octanol–water partition coefficient (Wildman–Crippen LogP) is 2.36. The highest BCUT2D eigenvalue weighted by atomic mass is 15.2. The molecule has 3 atom stereocenters.